The van der Waals surface area contributed by atoms with Gasteiger partial charge in [-0.15, -0.1) is 0 Å². The van der Waals surface area contributed by atoms with Crippen LogP contribution in [0.15, 0.2) is 41.1 Å². The Morgan fingerprint density at radius 1 is 1.16 bits per heavy atom. The van der Waals surface area contributed by atoms with E-state index in [-0.39, 0.29) is 25.5 Å². The number of benzene rings is 1. The summed E-state index contributed by atoms with van der Waals surface area (Å²) in [4.78, 5) is 25.6. The van der Waals surface area contributed by atoms with Crippen molar-refractivity contribution in [2.45, 2.75) is 50.3 Å². The van der Waals surface area contributed by atoms with Crippen molar-refractivity contribution in [2.75, 3.05) is 20.2 Å². The molecule has 0 aliphatic carbocycles. The van der Waals surface area contributed by atoms with Gasteiger partial charge in [0.25, 0.3) is 0 Å². The Balaban J connectivity index is 1.49. The van der Waals surface area contributed by atoms with Gasteiger partial charge in [0.2, 0.25) is 0 Å². The molecular formula is C24H30ClN3O9. The second kappa shape index (κ2) is 13.6. The van der Waals surface area contributed by atoms with Gasteiger partial charge in [0, 0.05) is 30.6 Å². The Labute approximate surface area is 217 Å². The Hall–Kier alpha value is -2.84. The maximum Gasteiger partial charge on any atom is 0.342 e. The molecule has 0 unspecified atom stereocenters. The number of hydrogen-bond acceptors (Lipinski definition) is 12. The molecule has 5 N–H and O–H groups in total. The first-order valence-electron chi connectivity index (χ1n) is 11.6. The molecule has 12 nitrogen and oxygen atoms in total. The summed E-state index contributed by atoms with van der Waals surface area (Å²) in [5.74, 6) is -0.365. The summed E-state index contributed by atoms with van der Waals surface area (Å²) in [5, 5.41) is 46.8. The molecule has 0 fully saturated rings. The SMILES string of the molecule is CNC[C@H](O)[C@@H](O)[C@H](O)[C@H](O)COOC(=O)CCc1noc2cc(O[C@H](C)c3ccccn3)c(Cl)cc12. The number of aromatic nitrogens is 2. The van der Waals surface area contributed by atoms with E-state index in [2.05, 4.69) is 25.2 Å². The predicted molar refractivity (Wildman–Crippen MR) is 131 cm³/mol. The maximum absolute atomic E-state index is 12.0. The average molecular weight is 540 g/mol. The van der Waals surface area contributed by atoms with E-state index in [0.29, 0.717) is 27.4 Å². The van der Waals surface area contributed by atoms with Gasteiger partial charge in [-0.1, -0.05) is 22.8 Å². The lowest BCUT2D eigenvalue weighted by molar-refractivity contribution is -0.288. The number of likely N-dealkylation sites (N-methyl/N-ethyl adjacent to an activating group) is 1. The van der Waals surface area contributed by atoms with Crippen LogP contribution in [0.1, 0.15) is 30.8 Å². The zero-order chi connectivity index (χ0) is 26.9. The van der Waals surface area contributed by atoms with Crippen LogP contribution in [-0.2, 0) is 21.0 Å². The zero-order valence-electron chi connectivity index (χ0n) is 20.3. The molecule has 13 heteroatoms. The summed E-state index contributed by atoms with van der Waals surface area (Å²) in [7, 11) is 1.55. The number of fused-ring (bicyclic) bond motifs is 1. The van der Waals surface area contributed by atoms with Crippen molar-refractivity contribution in [3.05, 3.63) is 52.9 Å². The van der Waals surface area contributed by atoms with E-state index in [9.17, 15) is 25.2 Å². The quantitative estimate of drug-likeness (QED) is 0.146. The number of nitrogens with zero attached hydrogens (tertiary/aromatic N) is 2. The third-order valence-corrected chi connectivity index (χ3v) is 5.81. The van der Waals surface area contributed by atoms with Crippen molar-refractivity contribution >= 4 is 28.5 Å². The number of hydrogen-bond donors (Lipinski definition) is 5. The van der Waals surface area contributed by atoms with E-state index in [1.807, 2.05) is 25.1 Å². The number of pyridine rings is 1. The number of halogens is 1. The number of aliphatic hydroxyl groups is 4. The van der Waals surface area contributed by atoms with Gasteiger partial charge in [-0.3, -0.25) is 9.87 Å². The molecule has 0 amide bonds. The first-order chi connectivity index (χ1) is 17.7. The van der Waals surface area contributed by atoms with E-state index in [0.717, 1.165) is 5.69 Å². The normalized spacial score (nSPS) is 15.6. The highest BCUT2D eigenvalue weighted by atomic mass is 35.5. The molecule has 0 spiro atoms. The smallest absolute Gasteiger partial charge is 0.342 e. The minimum absolute atomic E-state index is 0.00135. The van der Waals surface area contributed by atoms with Gasteiger partial charge >= 0.3 is 5.97 Å². The van der Waals surface area contributed by atoms with Crippen LogP contribution in [0.3, 0.4) is 0 Å². The molecule has 0 radical (unpaired) electrons. The lowest BCUT2D eigenvalue weighted by atomic mass is 10.0. The van der Waals surface area contributed by atoms with Crippen LogP contribution >= 0.6 is 11.6 Å². The van der Waals surface area contributed by atoms with Crippen molar-refractivity contribution < 1.29 is 44.3 Å². The molecular weight excluding hydrogens is 510 g/mol. The molecule has 5 atom stereocenters. The number of aliphatic hydroxyl groups excluding tert-OH is 4. The Morgan fingerprint density at radius 2 is 1.92 bits per heavy atom. The summed E-state index contributed by atoms with van der Waals surface area (Å²) in [6.07, 6.45) is -4.91. The topological polar surface area (TPSA) is 177 Å². The summed E-state index contributed by atoms with van der Waals surface area (Å²) in [5.41, 5.74) is 1.63. The predicted octanol–water partition coefficient (Wildman–Crippen LogP) is 1.09. The molecule has 0 aliphatic rings. The fraction of sp³-hybridized carbons (Fsp3) is 0.458. The van der Waals surface area contributed by atoms with E-state index in [1.54, 1.807) is 25.4 Å². The van der Waals surface area contributed by atoms with Crippen LogP contribution in [0.4, 0.5) is 0 Å². The summed E-state index contributed by atoms with van der Waals surface area (Å²) < 4.78 is 11.3. The minimum Gasteiger partial charge on any atom is -0.483 e. The molecule has 2 aromatic heterocycles. The van der Waals surface area contributed by atoms with Gasteiger partial charge in [-0.05, 0) is 32.2 Å². The van der Waals surface area contributed by atoms with E-state index in [1.165, 1.54) is 0 Å². The van der Waals surface area contributed by atoms with Gasteiger partial charge in [0.15, 0.2) is 5.58 Å². The molecule has 0 saturated heterocycles. The lowest BCUT2D eigenvalue weighted by Gasteiger charge is -2.25. The van der Waals surface area contributed by atoms with Crippen LogP contribution in [-0.4, -0.2) is 81.2 Å². The van der Waals surface area contributed by atoms with Crippen molar-refractivity contribution in [1.82, 2.24) is 15.5 Å². The standard InChI is InChI=1S/C24H30ClN3O9/c1-13(16-5-3-4-8-27-16)35-21-10-20-14(9-15(21)25)17(28-36-20)6-7-22(31)37-34-12-19(30)24(33)23(32)18(29)11-26-2/h3-5,8-10,13,18-19,23-24,26,29-30,32-33H,6-7,11-12H2,1-2H3/t13-,18+,19-,23-,24-/m1/s1. The first-order valence-corrected chi connectivity index (χ1v) is 11.9. The second-order valence-corrected chi connectivity index (χ2v) is 8.74. The maximum atomic E-state index is 12.0. The minimum atomic E-state index is -1.71. The van der Waals surface area contributed by atoms with E-state index >= 15 is 0 Å². The highest BCUT2D eigenvalue weighted by Gasteiger charge is 2.30. The van der Waals surface area contributed by atoms with Crippen LogP contribution in [0, 0.1) is 0 Å². The van der Waals surface area contributed by atoms with Crippen molar-refractivity contribution in [3.63, 3.8) is 0 Å². The van der Waals surface area contributed by atoms with Crippen LogP contribution < -0.4 is 10.1 Å². The first kappa shape index (κ1) is 28.7. The fourth-order valence-electron chi connectivity index (χ4n) is 3.44. The molecule has 3 rings (SSSR count). The molecule has 37 heavy (non-hydrogen) atoms. The highest BCUT2D eigenvalue weighted by molar-refractivity contribution is 6.32. The number of carbonyl (C=O) groups excluding carboxylic acids is 1. The van der Waals surface area contributed by atoms with Crippen molar-refractivity contribution in [1.29, 1.82) is 0 Å². The third kappa shape index (κ3) is 7.82. The Bertz CT molecular complexity index is 1150. The molecule has 202 valence electrons. The molecule has 0 aliphatic heterocycles. The average Bonchev–Trinajstić information content (AvgIpc) is 3.28. The van der Waals surface area contributed by atoms with Crippen LogP contribution in [0.25, 0.3) is 11.0 Å². The van der Waals surface area contributed by atoms with Gasteiger partial charge in [0.1, 0.15) is 36.8 Å². The number of aryl methyl sites for hydroxylation is 1. The second-order valence-electron chi connectivity index (χ2n) is 8.34. The molecule has 3 aromatic rings. The molecule has 0 bridgehead atoms. The Morgan fingerprint density at radius 3 is 2.62 bits per heavy atom. The molecule has 2 heterocycles. The van der Waals surface area contributed by atoms with Gasteiger partial charge in [-0.2, -0.15) is 4.89 Å². The van der Waals surface area contributed by atoms with Gasteiger partial charge in [-0.25, -0.2) is 4.79 Å². The van der Waals surface area contributed by atoms with E-state index < -0.39 is 37.0 Å². The largest absolute Gasteiger partial charge is 0.483 e. The van der Waals surface area contributed by atoms with Crippen molar-refractivity contribution in [2.24, 2.45) is 0 Å². The number of nitrogens with one attached hydrogen (secondary N) is 1. The van der Waals surface area contributed by atoms with Crippen LogP contribution in [0.2, 0.25) is 5.02 Å². The van der Waals surface area contributed by atoms with Crippen molar-refractivity contribution in [3.8, 4) is 5.75 Å². The summed E-state index contributed by atoms with van der Waals surface area (Å²) >= 11 is 6.40. The molecule has 1 aromatic carbocycles. The van der Waals surface area contributed by atoms with Gasteiger partial charge < -0.3 is 35.0 Å². The monoisotopic (exact) mass is 539 g/mol. The summed E-state index contributed by atoms with van der Waals surface area (Å²) in [6.45, 7) is 1.23. The number of rotatable bonds is 14. The van der Waals surface area contributed by atoms with Crippen LogP contribution in [0.5, 0.6) is 5.75 Å². The van der Waals surface area contributed by atoms with E-state index in [4.69, 9.17) is 20.9 Å². The number of ether oxygens (including phenoxy) is 1. The summed E-state index contributed by atoms with van der Waals surface area (Å²) in [6, 6.07) is 8.76. The lowest BCUT2D eigenvalue weighted by Crippen LogP contribution is -2.48. The Kier molecular flexibility index (Phi) is 10.6. The highest BCUT2D eigenvalue weighted by Crippen LogP contribution is 2.34. The zero-order valence-corrected chi connectivity index (χ0v) is 21.0. The number of carbonyl (C=O) groups is 1. The van der Waals surface area contributed by atoms with Gasteiger partial charge in [0.05, 0.1) is 28.9 Å². The molecule has 0 saturated carbocycles. The third-order valence-electron chi connectivity index (χ3n) is 5.52. The fourth-order valence-corrected chi connectivity index (χ4v) is 3.65.